The molecule has 0 saturated carbocycles. The number of amides is 1. The Morgan fingerprint density at radius 3 is 2.85 bits per heavy atom. The predicted molar refractivity (Wildman–Crippen MR) is 47.5 cm³/mol. The highest BCUT2D eigenvalue weighted by atomic mass is 16.4. The standard InChI is InChI=1S/C9H8N2O2/c1-6-2-3-7(5-10)8(4-6)11-9(12)13/h2-4,11H,1H3,(H,12,13). The van der Waals surface area contributed by atoms with Crippen LogP contribution >= 0.6 is 0 Å². The molecule has 0 aliphatic rings. The maximum atomic E-state index is 10.3. The summed E-state index contributed by atoms with van der Waals surface area (Å²) in [5, 5.41) is 19.3. The van der Waals surface area contributed by atoms with Crippen molar-refractivity contribution in [3.8, 4) is 6.07 Å². The number of carboxylic acid groups (broad SMARTS) is 1. The average molecular weight is 176 g/mol. The third kappa shape index (κ3) is 2.20. The fourth-order valence-corrected chi connectivity index (χ4v) is 0.974. The molecule has 1 rings (SSSR count). The SMILES string of the molecule is Cc1ccc(C#N)c(NC(=O)O)c1. The number of nitrogens with zero attached hydrogens (tertiary/aromatic N) is 1. The van der Waals surface area contributed by atoms with Gasteiger partial charge in [0.2, 0.25) is 0 Å². The van der Waals surface area contributed by atoms with Gasteiger partial charge in [-0.1, -0.05) is 6.07 Å². The van der Waals surface area contributed by atoms with E-state index in [1.807, 2.05) is 13.0 Å². The Labute approximate surface area is 75.4 Å². The van der Waals surface area contributed by atoms with Crippen molar-refractivity contribution in [3.05, 3.63) is 29.3 Å². The molecule has 0 unspecified atom stereocenters. The van der Waals surface area contributed by atoms with E-state index in [0.29, 0.717) is 11.3 Å². The zero-order valence-corrected chi connectivity index (χ0v) is 7.03. The predicted octanol–water partition coefficient (Wildman–Crippen LogP) is 1.96. The molecule has 0 radical (unpaired) electrons. The topological polar surface area (TPSA) is 73.1 Å². The summed E-state index contributed by atoms with van der Waals surface area (Å²) in [6, 6.07) is 6.86. The highest BCUT2D eigenvalue weighted by Gasteiger charge is 2.04. The first-order chi connectivity index (χ1) is 6.13. The molecular formula is C9H8N2O2. The largest absolute Gasteiger partial charge is 0.465 e. The van der Waals surface area contributed by atoms with E-state index in [9.17, 15) is 4.79 Å². The van der Waals surface area contributed by atoms with Gasteiger partial charge in [-0.15, -0.1) is 0 Å². The lowest BCUT2D eigenvalue weighted by atomic mass is 10.1. The number of hydrogen-bond acceptors (Lipinski definition) is 2. The maximum Gasteiger partial charge on any atom is 0.409 e. The van der Waals surface area contributed by atoms with Crippen LogP contribution in [0.4, 0.5) is 10.5 Å². The molecule has 4 heteroatoms. The van der Waals surface area contributed by atoms with Crippen LogP contribution in [0.25, 0.3) is 0 Å². The van der Waals surface area contributed by atoms with Crippen molar-refractivity contribution in [2.75, 3.05) is 5.32 Å². The Kier molecular flexibility index (Phi) is 2.50. The summed E-state index contributed by atoms with van der Waals surface area (Å²) >= 11 is 0. The number of nitriles is 1. The molecule has 0 spiro atoms. The second-order valence-electron chi connectivity index (χ2n) is 2.59. The van der Waals surface area contributed by atoms with Crippen LogP contribution < -0.4 is 5.32 Å². The van der Waals surface area contributed by atoms with Crippen molar-refractivity contribution < 1.29 is 9.90 Å². The molecule has 1 aromatic carbocycles. The van der Waals surface area contributed by atoms with Gasteiger partial charge >= 0.3 is 6.09 Å². The number of hydrogen-bond donors (Lipinski definition) is 2. The molecule has 1 amide bonds. The third-order valence-electron chi connectivity index (χ3n) is 1.54. The molecule has 0 fully saturated rings. The van der Waals surface area contributed by atoms with Crippen LogP contribution in [-0.4, -0.2) is 11.2 Å². The van der Waals surface area contributed by atoms with Crippen LogP contribution in [0.1, 0.15) is 11.1 Å². The van der Waals surface area contributed by atoms with Gasteiger partial charge in [-0.2, -0.15) is 5.26 Å². The minimum absolute atomic E-state index is 0.327. The Morgan fingerprint density at radius 2 is 2.31 bits per heavy atom. The number of rotatable bonds is 1. The summed E-state index contributed by atoms with van der Waals surface area (Å²) in [6.07, 6.45) is -1.16. The number of nitrogens with one attached hydrogen (secondary N) is 1. The highest BCUT2D eigenvalue weighted by molar-refractivity contribution is 5.85. The van der Waals surface area contributed by atoms with Crippen LogP contribution in [0.15, 0.2) is 18.2 Å². The zero-order chi connectivity index (χ0) is 9.84. The minimum Gasteiger partial charge on any atom is -0.465 e. The van der Waals surface area contributed by atoms with E-state index in [1.165, 1.54) is 0 Å². The Hall–Kier alpha value is -2.02. The first-order valence-corrected chi connectivity index (χ1v) is 3.64. The maximum absolute atomic E-state index is 10.3. The van der Waals surface area contributed by atoms with Gasteiger partial charge in [-0.25, -0.2) is 4.79 Å². The Bertz CT molecular complexity index is 380. The third-order valence-corrected chi connectivity index (χ3v) is 1.54. The highest BCUT2D eigenvalue weighted by Crippen LogP contribution is 2.16. The molecule has 0 aliphatic carbocycles. The smallest absolute Gasteiger partial charge is 0.409 e. The van der Waals surface area contributed by atoms with Crippen LogP contribution in [-0.2, 0) is 0 Å². The summed E-state index contributed by atoms with van der Waals surface area (Å²) in [5.74, 6) is 0. The molecule has 4 nitrogen and oxygen atoms in total. The number of aryl methyl sites for hydroxylation is 1. The van der Waals surface area contributed by atoms with E-state index in [-0.39, 0.29) is 0 Å². The summed E-state index contributed by atoms with van der Waals surface area (Å²) in [6.45, 7) is 1.83. The number of anilines is 1. The normalized spacial score (nSPS) is 8.92. The molecule has 2 N–H and O–H groups in total. The Morgan fingerprint density at radius 1 is 1.62 bits per heavy atom. The van der Waals surface area contributed by atoms with Crippen LogP contribution in [0, 0.1) is 18.3 Å². The van der Waals surface area contributed by atoms with Crippen molar-refractivity contribution in [2.24, 2.45) is 0 Å². The molecular weight excluding hydrogens is 168 g/mol. The molecule has 1 aromatic rings. The summed E-state index contributed by atoms with van der Waals surface area (Å²) in [5.41, 5.74) is 1.56. The number of benzene rings is 1. The van der Waals surface area contributed by atoms with E-state index in [0.717, 1.165) is 5.56 Å². The second kappa shape index (κ2) is 3.59. The van der Waals surface area contributed by atoms with Gasteiger partial charge in [0.05, 0.1) is 11.3 Å². The van der Waals surface area contributed by atoms with E-state index >= 15 is 0 Å². The molecule has 66 valence electrons. The van der Waals surface area contributed by atoms with Crippen LogP contribution in [0.3, 0.4) is 0 Å². The van der Waals surface area contributed by atoms with Crippen LogP contribution in [0.2, 0.25) is 0 Å². The second-order valence-corrected chi connectivity index (χ2v) is 2.59. The Balaban J connectivity index is 3.10. The fraction of sp³-hybridized carbons (Fsp3) is 0.111. The molecule has 13 heavy (non-hydrogen) atoms. The summed E-state index contributed by atoms with van der Waals surface area (Å²) in [4.78, 5) is 10.3. The quantitative estimate of drug-likeness (QED) is 0.686. The average Bonchev–Trinajstić information content (AvgIpc) is 2.03. The molecule has 0 aliphatic heterocycles. The summed E-state index contributed by atoms with van der Waals surface area (Å²) in [7, 11) is 0. The van der Waals surface area contributed by atoms with E-state index in [2.05, 4.69) is 5.32 Å². The van der Waals surface area contributed by atoms with Gasteiger partial charge in [0, 0.05) is 0 Å². The lowest BCUT2D eigenvalue weighted by molar-refractivity contribution is 0.209. The van der Waals surface area contributed by atoms with Crippen molar-refractivity contribution in [1.29, 1.82) is 5.26 Å². The summed E-state index contributed by atoms with van der Waals surface area (Å²) < 4.78 is 0. The molecule has 0 heterocycles. The van der Waals surface area contributed by atoms with Gasteiger partial charge in [0.15, 0.2) is 0 Å². The fourth-order valence-electron chi connectivity index (χ4n) is 0.974. The van der Waals surface area contributed by atoms with Crippen molar-refractivity contribution in [3.63, 3.8) is 0 Å². The first-order valence-electron chi connectivity index (χ1n) is 3.64. The van der Waals surface area contributed by atoms with Crippen molar-refractivity contribution in [1.82, 2.24) is 0 Å². The van der Waals surface area contributed by atoms with Crippen LogP contribution in [0.5, 0.6) is 0 Å². The minimum atomic E-state index is -1.16. The van der Waals surface area contributed by atoms with Gasteiger partial charge in [-0.3, -0.25) is 5.32 Å². The van der Waals surface area contributed by atoms with E-state index in [1.54, 1.807) is 18.2 Å². The lowest BCUT2D eigenvalue weighted by Gasteiger charge is -2.03. The molecule has 0 aromatic heterocycles. The molecule has 0 bridgehead atoms. The number of carbonyl (C=O) groups is 1. The first kappa shape index (κ1) is 9.07. The van der Waals surface area contributed by atoms with Gasteiger partial charge in [-0.05, 0) is 24.6 Å². The van der Waals surface area contributed by atoms with Crippen molar-refractivity contribution in [2.45, 2.75) is 6.92 Å². The van der Waals surface area contributed by atoms with Gasteiger partial charge in [0.1, 0.15) is 6.07 Å². The molecule has 0 saturated heterocycles. The van der Waals surface area contributed by atoms with Gasteiger partial charge in [0.25, 0.3) is 0 Å². The van der Waals surface area contributed by atoms with E-state index < -0.39 is 6.09 Å². The lowest BCUT2D eigenvalue weighted by Crippen LogP contribution is -2.08. The monoisotopic (exact) mass is 176 g/mol. The van der Waals surface area contributed by atoms with Gasteiger partial charge < -0.3 is 5.11 Å². The van der Waals surface area contributed by atoms with E-state index in [4.69, 9.17) is 10.4 Å². The molecule has 0 atom stereocenters. The van der Waals surface area contributed by atoms with Crippen molar-refractivity contribution >= 4 is 11.8 Å². The zero-order valence-electron chi connectivity index (χ0n) is 7.03.